The van der Waals surface area contributed by atoms with Gasteiger partial charge in [-0.15, -0.1) is 0 Å². The van der Waals surface area contributed by atoms with Gasteiger partial charge in [0.25, 0.3) is 11.8 Å². The first-order valence-electron chi connectivity index (χ1n) is 11.9. The van der Waals surface area contributed by atoms with Gasteiger partial charge in [0, 0.05) is 5.56 Å². The number of ether oxygens (including phenoxy) is 4. The van der Waals surface area contributed by atoms with Crippen molar-refractivity contribution >= 4 is 24.0 Å². The van der Waals surface area contributed by atoms with Crippen molar-refractivity contribution in [2.75, 3.05) is 26.9 Å². The molecule has 0 fully saturated rings. The van der Waals surface area contributed by atoms with Crippen LogP contribution in [0.3, 0.4) is 0 Å². The molecule has 198 valence electrons. The van der Waals surface area contributed by atoms with Crippen molar-refractivity contribution in [2.45, 2.75) is 13.8 Å². The Morgan fingerprint density at radius 2 is 1.47 bits per heavy atom. The van der Waals surface area contributed by atoms with Crippen LogP contribution in [0.4, 0.5) is 0 Å². The van der Waals surface area contributed by atoms with Crippen LogP contribution < -0.4 is 29.7 Å². The third-order valence-corrected chi connectivity index (χ3v) is 5.04. The number of hydrogen-bond donors (Lipinski definition) is 2. The molecule has 0 bridgehead atoms. The second-order valence-corrected chi connectivity index (χ2v) is 7.69. The average molecular weight is 520 g/mol. The van der Waals surface area contributed by atoms with Gasteiger partial charge in [-0.3, -0.25) is 9.59 Å². The largest absolute Gasteiger partial charge is 0.497 e. The Balaban J connectivity index is 1.54. The highest BCUT2D eigenvalue weighted by atomic mass is 16.6. The zero-order valence-electron chi connectivity index (χ0n) is 21.4. The van der Waals surface area contributed by atoms with Crippen molar-refractivity contribution in [3.05, 3.63) is 83.4 Å². The number of hydrogen-bond acceptors (Lipinski definition) is 8. The van der Waals surface area contributed by atoms with Crippen LogP contribution in [0.2, 0.25) is 0 Å². The first-order chi connectivity index (χ1) is 18.4. The average Bonchev–Trinajstić information content (AvgIpc) is 2.93. The van der Waals surface area contributed by atoms with Crippen LogP contribution in [-0.2, 0) is 4.79 Å². The van der Waals surface area contributed by atoms with Gasteiger partial charge >= 0.3 is 5.97 Å². The van der Waals surface area contributed by atoms with Gasteiger partial charge in [0.2, 0.25) is 0 Å². The van der Waals surface area contributed by atoms with Crippen molar-refractivity contribution in [2.24, 2.45) is 5.10 Å². The smallest absolute Gasteiger partial charge is 0.343 e. The molecule has 0 aliphatic rings. The lowest BCUT2D eigenvalue weighted by atomic mass is 10.2. The molecule has 3 aromatic rings. The molecule has 3 rings (SSSR count). The highest BCUT2D eigenvalue weighted by Gasteiger charge is 2.14. The fourth-order valence-electron chi connectivity index (χ4n) is 3.19. The molecule has 0 unspecified atom stereocenters. The molecule has 10 heteroatoms. The van der Waals surface area contributed by atoms with Crippen molar-refractivity contribution < 1.29 is 33.3 Å². The number of nitrogens with zero attached hydrogens (tertiary/aromatic N) is 1. The molecule has 0 spiro atoms. The Morgan fingerprint density at radius 1 is 0.816 bits per heavy atom. The summed E-state index contributed by atoms with van der Waals surface area (Å²) in [6.07, 6.45) is 1.41. The topological polar surface area (TPSA) is 125 Å². The molecule has 0 aromatic heterocycles. The molecule has 10 nitrogen and oxygen atoms in total. The van der Waals surface area contributed by atoms with E-state index in [-0.39, 0.29) is 12.3 Å². The highest BCUT2D eigenvalue weighted by Crippen LogP contribution is 2.29. The maximum atomic E-state index is 12.5. The summed E-state index contributed by atoms with van der Waals surface area (Å²) in [7, 11) is 1.54. The van der Waals surface area contributed by atoms with Crippen LogP contribution in [0.5, 0.6) is 23.0 Å². The fourth-order valence-corrected chi connectivity index (χ4v) is 3.19. The van der Waals surface area contributed by atoms with E-state index in [9.17, 15) is 14.4 Å². The summed E-state index contributed by atoms with van der Waals surface area (Å²) in [6.45, 7) is 4.29. The molecule has 38 heavy (non-hydrogen) atoms. The Hall–Kier alpha value is -4.86. The summed E-state index contributed by atoms with van der Waals surface area (Å²) < 4.78 is 21.5. The molecule has 0 saturated carbocycles. The van der Waals surface area contributed by atoms with Crippen molar-refractivity contribution in [1.82, 2.24) is 10.7 Å². The molecule has 0 aliphatic carbocycles. The summed E-state index contributed by atoms with van der Waals surface area (Å²) in [6, 6.07) is 18.0. The molecule has 3 aromatic carbocycles. The van der Waals surface area contributed by atoms with E-state index in [2.05, 4.69) is 15.8 Å². The predicted molar refractivity (Wildman–Crippen MR) is 141 cm³/mol. The minimum atomic E-state index is -0.547. The van der Waals surface area contributed by atoms with Gasteiger partial charge < -0.3 is 24.3 Å². The third kappa shape index (κ3) is 8.09. The number of amides is 2. The zero-order chi connectivity index (χ0) is 27.3. The Labute approximate surface area is 220 Å². The lowest BCUT2D eigenvalue weighted by Crippen LogP contribution is -2.34. The summed E-state index contributed by atoms with van der Waals surface area (Å²) in [5.74, 6) is 0.422. The summed E-state index contributed by atoms with van der Waals surface area (Å²) in [4.78, 5) is 36.8. The predicted octanol–water partition coefficient (Wildman–Crippen LogP) is 3.59. The monoisotopic (exact) mass is 519 g/mol. The molecular weight excluding hydrogens is 490 g/mol. The van der Waals surface area contributed by atoms with Gasteiger partial charge in [-0.2, -0.15) is 5.10 Å². The number of esters is 1. The molecule has 0 heterocycles. The van der Waals surface area contributed by atoms with E-state index in [1.54, 1.807) is 80.8 Å². The first kappa shape index (κ1) is 27.7. The Morgan fingerprint density at radius 3 is 2.13 bits per heavy atom. The lowest BCUT2D eigenvalue weighted by Gasteiger charge is -2.11. The van der Waals surface area contributed by atoms with Gasteiger partial charge in [0.05, 0.1) is 38.6 Å². The number of hydrazone groups is 1. The van der Waals surface area contributed by atoms with Crippen LogP contribution >= 0.6 is 0 Å². The lowest BCUT2D eigenvalue weighted by molar-refractivity contribution is -0.120. The Bertz CT molecular complexity index is 1270. The van der Waals surface area contributed by atoms with Crippen LogP contribution in [0.1, 0.15) is 40.1 Å². The number of nitrogens with one attached hydrogen (secondary N) is 2. The van der Waals surface area contributed by atoms with E-state index in [0.717, 1.165) is 0 Å². The second-order valence-electron chi connectivity index (χ2n) is 7.69. The molecule has 0 saturated heterocycles. The van der Waals surface area contributed by atoms with E-state index in [4.69, 9.17) is 18.9 Å². The standard InChI is InChI=1S/C28H29N3O7/c1-4-36-23-13-7-20(8-14-23)27(33)29-18-26(32)31-30-17-19-6-15-24(25(16-19)37-5-2)38-28(34)21-9-11-22(35-3)12-10-21/h6-17H,4-5,18H2,1-3H3,(H,29,33)(H,31,32). The number of carbonyl (C=O) groups is 3. The molecular formula is C28H29N3O7. The maximum Gasteiger partial charge on any atom is 0.343 e. The van der Waals surface area contributed by atoms with Gasteiger partial charge in [0.15, 0.2) is 11.5 Å². The van der Waals surface area contributed by atoms with Crippen LogP contribution in [0, 0.1) is 0 Å². The summed E-state index contributed by atoms with van der Waals surface area (Å²) in [5.41, 5.74) is 3.71. The van der Waals surface area contributed by atoms with E-state index in [1.807, 2.05) is 6.92 Å². The molecule has 2 amide bonds. The van der Waals surface area contributed by atoms with E-state index in [1.165, 1.54) is 6.21 Å². The van der Waals surface area contributed by atoms with Crippen molar-refractivity contribution in [3.63, 3.8) is 0 Å². The number of methoxy groups -OCH3 is 1. The van der Waals surface area contributed by atoms with Gasteiger partial charge in [-0.05, 0) is 86.1 Å². The normalized spacial score (nSPS) is 10.5. The quantitative estimate of drug-likeness (QED) is 0.162. The van der Waals surface area contributed by atoms with E-state index >= 15 is 0 Å². The SMILES string of the molecule is CCOc1ccc(C(=O)NCC(=O)NN=Cc2ccc(OC(=O)c3ccc(OC)cc3)c(OCC)c2)cc1. The van der Waals surface area contributed by atoms with Gasteiger partial charge in [0.1, 0.15) is 11.5 Å². The number of rotatable bonds is 12. The van der Waals surface area contributed by atoms with E-state index < -0.39 is 17.8 Å². The minimum absolute atomic E-state index is 0.242. The molecule has 0 atom stereocenters. The minimum Gasteiger partial charge on any atom is -0.497 e. The van der Waals surface area contributed by atoms with Crippen LogP contribution in [-0.4, -0.2) is 50.9 Å². The fraction of sp³-hybridized carbons (Fsp3) is 0.214. The van der Waals surface area contributed by atoms with Gasteiger partial charge in [-0.25, -0.2) is 10.2 Å². The molecule has 0 radical (unpaired) electrons. The second kappa shape index (κ2) is 14.0. The summed E-state index contributed by atoms with van der Waals surface area (Å²) >= 11 is 0. The zero-order valence-corrected chi connectivity index (χ0v) is 21.4. The number of benzene rings is 3. The molecule has 2 N–H and O–H groups in total. The third-order valence-electron chi connectivity index (χ3n) is 5.04. The van der Waals surface area contributed by atoms with E-state index in [0.29, 0.717) is 47.2 Å². The first-order valence-corrected chi connectivity index (χ1v) is 11.9. The van der Waals surface area contributed by atoms with Crippen LogP contribution in [0.15, 0.2) is 71.8 Å². The molecule has 0 aliphatic heterocycles. The van der Waals surface area contributed by atoms with Crippen molar-refractivity contribution in [3.8, 4) is 23.0 Å². The highest BCUT2D eigenvalue weighted by molar-refractivity contribution is 5.96. The number of carbonyl (C=O) groups excluding carboxylic acids is 3. The van der Waals surface area contributed by atoms with Crippen LogP contribution in [0.25, 0.3) is 0 Å². The summed E-state index contributed by atoms with van der Waals surface area (Å²) in [5, 5.41) is 6.44. The Kier molecular flexibility index (Phi) is 10.2. The van der Waals surface area contributed by atoms with Gasteiger partial charge in [-0.1, -0.05) is 0 Å². The maximum absolute atomic E-state index is 12.5. The van der Waals surface area contributed by atoms with Crippen molar-refractivity contribution in [1.29, 1.82) is 0 Å².